The van der Waals surface area contributed by atoms with Crippen LogP contribution in [-0.2, 0) is 0 Å². The molecule has 0 unspecified atom stereocenters. The monoisotopic (exact) mass is 298 g/mol. The lowest BCUT2D eigenvalue weighted by Crippen LogP contribution is -1.91. The van der Waals surface area contributed by atoms with E-state index in [1.54, 1.807) is 18.7 Å². The largest absolute Gasteiger partial charge is 0.290 e. The first-order valence-corrected chi connectivity index (χ1v) is 7.36. The number of hydrogen-bond donors (Lipinski definition) is 0. The molecule has 0 atom stereocenters. The minimum absolute atomic E-state index is 0.859. The number of rotatable bonds is 3. The maximum atomic E-state index is 4.48. The normalized spacial score (nSPS) is 10.6. The Morgan fingerprint density at radius 3 is 2.30 bits per heavy atom. The molecule has 4 heteroatoms. The van der Waals surface area contributed by atoms with Crippen molar-refractivity contribution < 1.29 is 0 Å². The number of nitrogens with zero attached hydrogens (tertiary/aromatic N) is 4. The molecule has 0 aliphatic carbocycles. The predicted octanol–water partition coefficient (Wildman–Crippen LogP) is 4.00. The number of aromatic nitrogens is 4. The van der Waals surface area contributed by atoms with Crippen LogP contribution in [0.1, 0.15) is 0 Å². The van der Waals surface area contributed by atoms with E-state index in [4.69, 9.17) is 0 Å². The zero-order valence-corrected chi connectivity index (χ0v) is 12.4. The first kappa shape index (κ1) is 13.4. The van der Waals surface area contributed by atoms with E-state index in [-0.39, 0.29) is 0 Å². The highest BCUT2D eigenvalue weighted by atomic mass is 15.1. The van der Waals surface area contributed by atoms with E-state index in [1.165, 1.54) is 0 Å². The molecule has 0 aliphatic rings. The molecule has 0 N–H and O–H groups in total. The smallest absolute Gasteiger partial charge is 0.137 e. The maximum Gasteiger partial charge on any atom is 0.137 e. The molecule has 1 aromatic carbocycles. The van der Waals surface area contributed by atoms with E-state index in [2.05, 4.69) is 45.3 Å². The Balaban J connectivity index is 1.63. The first-order chi connectivity index (χ1) is 11.4. The molecule has 3 aromatic heterocycles. The lowest BCUT2D eigenvalue weighted by atomic mass is 10.0. The van der Waals surface area contributed by atoms with Crippen molar-refractivity contribution in [2.75, 3.05) is 0 Å². The summed E-state index contributed by atoms with van der Waals surface area (Å²) in [5.41, 5.74) is 4.25. The molecule has 110 valence electrons. The lowest BCUT2D eigenvalue weighted by Gasteiger charge is -2.02. The van der Waals surface area contributed by atoms with Crippen LogP contribution in [0.25, 0.3) is 28.2 Å². The van der Waals surface area contributed by atoms with Gasteiger partial charge < -0.3 is 0 Å². The molecule has 0 saturated carbocycles. The van der Waals surface area contributed by atoms with Crippen molar-refractivity contribution in [2.24, 2.45) is 0 Å². The predicted molar refractivity (Wildman–Crippen MR) is 90.0 cm³/mol. The fraction of sp³-hybridized carbons (Fsp3) is 0. The van der Waals surface area contributed by atoms with Crippen LogP contribution < -0.4 is 0 Å². The summed E-state index contributed by atoms with van der Waals surface area (Å²) >= 11 is 0. The van der Waals surface area contributed by atoms with Crippen molar-refractivity contribution in [3.05, 3.63) is 85.7 Å². The first-order valence-electron chi connectivity index (χ1n) is 7.36. The van der Waals surface area contributed by atoms with Gasteiger partial charge in [-0.05, 0) is 29.3 Å². The summed E-state index contributed by atoms with van der Waals surface area (Å²) in [6.45, 7) is 0. The van der Waals surface area contributed by atoms with E-state index in [0.717, 1.165) is 28.2 Å². The second kappa shape index (κ2) is 5.85. The average molecular weight is 298 g/mol. The van der Waals surface area contributed by atoms with E-state index in [0.29, 0.717) is 0 Å². The third kappa shape index (κ3) is 2.74. The van der Waals surface area contributed by atoms with E-state index >= 15 is 0 Å². The van der Waals surface area contributed by atoms with Gasteiger partial charge in [-0.1, -0.05) is 36.4 Å². The Labute approximate surface area is 134 Å². The lowest BCUT2D eigenvalue weighted by molar-refractivity contribution is 0.993. The van der Waals surface area contributed by atoms with Gasteiger partial charge in [0.05, 0.1) is 5.69 Å². The molecular formula is C19H14N4. The van der Waals surface area contributed by atoms with Gasteiger partial charge in [-0.15, -0.1) is 0 Å². The average Bonchev–Trinajstić information content (AvgIpc) is 3.14. The number of pyridine rings is 2. The molecule has 4 aromatic rings. The maximum absolute atomic E-state index is 4.48. The van der Waals surface area contributed by atoms with Crippen LogP contribution in [0.3, 0.4) is 0 Å². The molecule has 0 fully saturated rings. The summed E-state index contributed by atoms with van der Waals surface area (Å²) in [6, 6.07) is 18.1. The molecule has 0 radical (unpaired) electrons. The zero-order valence-electron chi connectivity index (χ0n) is 12.4. The zero-order chi connectivity index (χ0) is 15.5. The summed E-state index contributed by atoms with van der Waals surface area (Å²) in [7, 11) is 0. The Bertz CT molecular complexity index is 897. The third-order valence-electron chi connectivity index (χ3n) is 3.67. The van der Waals surface area contributed by atoms with E-state index in [9.17, 15) is 0 Å². The van der Waals surface area contributed by atoms with Crippen molar-refractivity contribution in [1.29, 1.82) is 0 Å². The van der Waals surface area contributed by atoms with Gasteiger partial charge in [-0.2, -0.15) is 0 Å². The Morgan fingerprint density at radius 1 is 0.696 bits per heavy atom. The van der Waals surface area contributed by atoms with Gasteiger partial charge >= 0.3 is 0 Å². The second-order valence-corrected chi connectivity index (χ2v) is 5.17. The van der Waals surface area contributed by atoms with Gasteiger partial charge in [0.15, 0.2) is 0 Å². The standard InChI is InChI=1S/C19H14N4/c1-2-11-21-19(5-1)23-13-18(22-14-23)16-8-6-15(7-9-16)17-4-3-10-20-12-17/h1-14H. The minimum atomic E-state index is 0.859. The molecule has 0 amide bonds. The number of benzene rings is 1. The third-order valence-corrected chi connectivity index (χ3v) is 3.67. The molecule has 0 spiro atoms. The second-order valence-electron chi connectivity index (χ2n) is 5.17. The van der Waals surface area contributed by atoms with Crippen LogP contribution >= 0.6 is 0 Å². The van der Waals surface area contributed by atoms with Crippen LogP contribution in [0.15, 0.2) is 85.7 Å². The highest BCUT2D eigenvalue weighted by molar-refractivity contribution is 5.68. The molecule has 0 bridgehead atoms. The van der Waals surface area contributed by atoms with Gasteiger partial charge in [0, 0.05) is 30.4 Å². The van der Waals surface area contributed by atoms with E-state index < -0.39 is 0 Å². The summed E-state index contributed by atoms with van der Waals surface area (Å²) < 4.78 is 1.92. The highest BCUT2D eigenvalue weighted by Gasteiger charge is 2.05. The molecule has 4 rings (SSSR count). The van der Waals surface area contributed by atoms with Crippen molar-refractivity contribution in [3.8, 4) is 28.2 Å². The molecular weight excluding hydrogens is 284 g/mol. The fourth-order valence-corrected chi connectivity index (χ4v) is 2.47. The molecule has 3 heterocycles. The summed E-state index contributed by atoms with van der Waals surface area (Å²) in [4.78, 5) is 13.0. The van der Waals surface area contributed by atoms with Crippen LogP contribution in [0, 0.1) is 0 Å². The molecule has 4 nitrogen and oxygen atoms in total. The highest BCUT2D eigenvalue weighted by Crippen LogP contribution is 2.23. The van der Waals surface area contributed by atoms with Gasteiger partial charge in [0.2, 0.25) is 0 Å². The van der Waals surface area contributed by atoms with Crippen LogP contribution in [0.5, 0.6) is 0 Å². The van der Waals surface area contributed by atoms with Gasteiger partial charge in [-0.25, -0.2) is 9.97 Å². The van der Waals surface area contributed by atoms with Crippen LogP contribution in [0.4, 0.5) is 0 Å². The van der Waals surface area contributed by atoms with Crippen molar-refractivity contribution in [2.45, 2.75) is 0 Å². The number of hydrogen-bond acceptors (Lipinski definition) is 3. The van der Waals surface area contributed by atoms with Crippen molar-refractivity contribution in [3.63, 3.8) is 0 Å². The molecule has 23 heavy (non-hydrogen) atoms. The van der Waals surface area contributed by atoms with E-state index in [1.807, 2.05) is 41.2 Å². The Hall–Kier alpha value is -3.27. The quantitative estimate of drug-likeness (QED) is 0.574. The summed E-state index contributed by atoms with van der Waals surface area (Å²) in [6.07, 6.45) is 9.19. The van der Waals surface area contributed by atoms with Crippen LogP contribution in [-0.4, -0.2) is 19.5 Å². The van der Waals surface area contributed by atoms with Gasteiger partial charge in [0.1, 0.15) is 12.1 Å². The Morgan fingerprint density at radius 2 is 1.57 bits per heavy atom. The van der Waals surface area contributed by atoms with Gasteiger partial charge in [0.25, 0.3) is 0 Å². The van der Waals surface area contributed by atoms with Crippen LogP contribution in [0.2, 0.25) is 0 Å². The SMILES string of the molecule is c1ccc(-n2cnc(-c3ccc(-c4cccnc4)cc3)c2)nc1. The minimum Gasteiger partial charge on any atom is -0.290 e. The fourth-order valence-electron chi connectivity index (χ4n) is 2.47. The molecule has 0 saturated heterocycles. The van der Waals surface area contributed by atoms with Crippen molar-refractivity contribution >= 4 is 0 Å². The number of imidazole rings is 1. The van der Waals surface area contributed by atoms with Gasteiger partial charge in [-0.3, -0.25) is 9.55 Å². The molecule has 0 aliphatic heterocycles. The summed E-state index contributed by atoms with van der Waals surface area (Å²) in [5, 5.41) is 0. The summed E-state index contributed by atoms with van der Waals surface area (Å²) in [5.74, 6) is 0.859. The topological polar surface area (TPSA) is 43.6 Å². The Kier molecular flexibility index (Phi) is 3.41. The van der Waals surface area contributed by atoms with Crippen molar-refractivity contribution in [1.82, 2.24) is 19.5 Å².